The highest BCUT2D eigenvalue weighted by atomic mass is 16.2. The third kappa shape index (κ3) is 2.58. The molecular formula is C17H18N6O. The highest BCUT2D eigenvalue weighted by Crippen LogP contribution is 2.25. The van der Waals surface area contributed by atoms with E-state index in [-0.39, 0.29) is 18.4 Å². The van der Waals surface area contributed by atoms with Gasteiger partial charge in [0.25, 0.3) is 0 Å². The molecule has 0 aliphatic carbocycles. The molecule has 1 N–H and O–H groups in total. The van der Waals surface area contributed by atoms with Crippen molar-refractivity contribution in [3.63, 3.8) is 0 Å². The maximum absolute atomic E-state index is 12.7. The van der Waals surface area contributed by atoms with Gasteiger partial charge in [0.15, 0.2) is 5.82 Å². The van der Waals surface area contributed by atoms with E-state index in [2.05, 4.69) is 43.9 Å². The van der Waals surface area contributed by atoms with Gasteiger partial charge in [0.05, 0.1) is 12.5 Å². The average Bonchev–Trinajstić information content (AvgIpc) is 3.25. The Kier molecular flexibility index (Phi) is 3.60. The van der Waals surface area contributed by atoms with E-state index in [1.54, 1.807) is 12.4 Å². The zero-order valence-corrected chi connectivity index (χ0v) is 13.4. The number of nitrogens with one attached hydrogen (secondary N) is 1. The summed E-state index contributed by atoms with van der Waals surface area (Å²) in [7, 11) is 0. The molecule has 4 heterocycles. The number of hydrogen-bond donors (Lipinski definition) is 1. The molecule has 7 heteroatoms. The van der Waals surface area contributed by atoms with Gasteiger partial charge in [-0.3, -0.25) is 14.9 Å². The lowest BCUT2D eigenvalue weighted by Gasteiger charge is -2.34. The lowest BCUT2D eigenvalue weighted by atomic mass is 10.1. The second-order valence-electron chi connectivity index (χ2n) is 5.91. The van der Waals surface area contributed by atoms with E-state index in [1.807, 2.05) is 23.1 Å². The first-order valence-electron chi connectivity index (χ1n) is 7.98. The molecule has 24 heavy (non-hydrogen) atoms. The van der Waals surface area contributed by atoms with E-state index in [0.29, 0.717) is 18.2 Å². The lowest BCUT2D eigenvalue weighted by Crippen LogP contribution is -2.41. The molecule has 7 nitrogen and oxygen atoms in total. The van der Waals surface area contributed by atoms with Crippen LogP contribution in [0, 0.1) is 0 Å². The summed E-state index contributed by atoms with van der Waals surface area (Å²) in [6.45, 7) is 3.60. The van der Waals surface area contributed by atoms with Crippen molar-refractivity contribution in [3.05, 3.63) is 54.4 Å². The van der Waals surface area contributed by atoms with E-state index >= 15 is 0 Å². The second-order valence-corrected chi connectivity index (χ2v) is 5.91. The van der Waals surface area contributed by atoms with E-state index in [9.17, 15) is 4.79 Å². The molecule has 1 aliphatic rings. The van der Waals surface area contributed by atoms with E-state index < -0.39 is 0 Å². The largest absolute Gasteiger partial charge is 0.348 e. The molecule has 0 bridgehead atoms. The number of hydrogen-bond acceptors (Lipinski definition) is 4. The molecule has 0 saturated heterocycles. The molecule has 0 aromatic carbocycles. The van der Waals surface area contributed by atoms with Crippen LogP contribution in [0.25, 0.3) is 11.4 Å². The standard InChI is InChI=1S/C17H18N6O/c1-12-14-5-3-7-22(14)8-9-23(12)16(24)10-15-19-17(21-20-15)13-4-2-6-18-11-13/h2-7,11-12H,8-10H2,1H3,(H,19,20,21)/t12-/m1/s1. The van der Waals surface area contributed by atoms with Crippen molar-refractivity contribution < 1.29 is 4.79 Å². The topological polar surface area (TPSA) is 79.7 Å². The molecule has 0 unspecified atom stereocenters. The number of pyridine rings is 1. The summed E-state index contributed by atoms with van der Waals surface area (Å²) in [6.07, 6.45) is 5.69. The number of H-pyrrole nitrogens is 1. The number of nitrogens with zero attached hydrogens (tertiary/aromatic N) is 5. The third-order valence-corrected chi connectivity index (χ3v) is 4.43. The molecule has 122 valence electrons. The fraction of sp³-hybridized carbons (Fsp3) is 0.294. The Hall–Kier alpha value is -2.96. The van der Waals surface area contributed by atoms with Crippen LogP contribution in [0.3, 0.4) is 0 Å². The van der Waals surface area contributed by atoms with Crippen molar-refractivity contribution in [1.29, 1.82) is 0 Å². The number of amides is 1. The minimum atomic E-state index is 0.0591. The van der Waals surface area contributed by atoms with Gasteiger partial charge in [0.1, 0.15) is 5.82 Å². The van der Waals surface area contributed by atoms with Crippen LogP contribution in [-0.4, -0.2) is 42.1 Å². The normalized spacial score (nSPS) is 16.9. The maximum atomic E-state index is 12.7. The lowest BCUT2D eigenvalue weighted by molar-refractivity contribution is -0.133. The predicted octanol–water partition coefficient (Wildman–Crippen LogP) is 1.81. The summed E-state index contributed by atoms with van der Waals surface area (Å²) in [6, 6.07) is 7.89. The SMILES string of the molecule is C[C@@H]1c2cccn2CCN1C(=O)Cc1nc(-c2cccnc2)n[nH]1. The number of aromatic amines is 1. The van der Waals surface area contributed by atoms with Gasteiger partial charge in [-0.1, -0.05) is 0 Å². The predicted molar refractivity (Wildman–Crippen MR) is 87.9 cm³/mol. The van der Waals surface area contributed by atoms with E-state index in [0.717, 1.165) is 12.1 Å². The Morgan fingerprint density at radius 2 is 2.25 bits per heavy atom. The first-order chi connectivity index (χ1) is 11.7. The summed E-state index contributed by atoms with van der Waals surface area (Å²) in [4.78, 5) is 23.1. The maximum Gasteiger partial charge on any atom is 0.230 e. The molecule has 1 aliphatic heterocycles. The van der Waals surface area contributed by atoms with Crippen molar-refractivity contribution in [3.8, 4) is 11.4 Å². The van der Waals surface area contributed by atoms with Gasteiger partial charge in [-0.15, -0.1) is 0 Å². The van der Waals surface area contributed by atoms with E-state index in [1.165, 1.54) is 5.69 Å². The van der Waals surface area contributed by atoms with Crippen LogP contribution in [-0.2, 0) is 17.8 Å². The summed E-state index contributed by atoms with van der Waals surface area (Å²) in [5.74, 6) is 1.20. The molecule has 0 spiro atoms. The Balaban J connectivity index is 1.48. The zero-order valence-electron chi connectivity index (χ0n) is 13.4. The summed E-state index contributed by atoms with van der Waals surface area (Å²) >= 11 is 0. The van der Waals surface area contributed by atoms with Gasteiger partial charge in [0.2, 0.25) is 5.91 Å². The summed E-state index contributed by atoms with van der Waals surface area (Å²) < 4.78 is 2.20. The highest BCUT2D eigenvalue weighted by molar-refractivity contribution is 5.78. The molecule has 0 saturated carbocycles. The monoisotopic (exact) mass is 322 g/mol. The number of fused-ring (bicyclic) bond motifs is 1. The van der Waals surface area contributed by atoms with Crippen LogP contribution < -0.4 is 0 Å². The van der Waals surface area contributed by atoms with Gasteiger partial charge in [-0.05, 0) is 31.2 Å². The second kappa shape index (κ2) is 5.92. The number of carbonyl (C=O) groups excluding carboxylic acids is 1. The van der Waals surface area contributed by atoms with Gasteiger partial charge < -0.3 is 9.47 Å². The minimum Gasteiger partial charge on any atom is -0.348 e. The Morgan fingerprint density at radius 1 is 1.33 bits per heavy atom. The fourth-order valence-corrected chi connectivity index (χ4v) is 3.16. The average molecular weight is 322 g/mol. The minimum absolute atomic E-state index is 0.0591. The van der Waals surface area contributed by atoms with Crippen LogP contribution >= 0.6 is 0 Å². The third-order valence-electron chi connectivity index (χ3n) is 4.43. The number of aromatic nitrogens is 5. The van der Waals surface area contributed by atoms with E-state index in [4.69, 9.17) is 0 Å². The quantitative estimate of drug-likeness (QED) is 0.797. The molecule has 3 aromatic heterocycles. The molecule has 0 fully saturated rings. The summed E-state index contributed by atoms with van der Waals surface area (Å²) in [5.41, 5.74) is 2.00. The molecule has 0 radical (unpaired) electrons. The zero-order chi connectivity index (χ0) is 16.5. The van der Waals surface area contributed by atoms with Crippen molar-refractivity contribution in [1.82, 2.24) is 29.6 Å². The van der Waals surface area contributed by atoms with Gasteiger partial charge in [-0.2, -0.15) is 5.10 Å². The van der Waals surface area contributed by atoms with Crippen LogP contribution in [0.4, 0.5) is 0 Å². The smallest absolute Gasteiger partial charge is 0.230 e. The van der Waals surface area contributed by atoms with Crippen LogP contribution in [0.15, 0.2) is 42.9 Å². The van der Waals surface area contributed by atoms with Crippen molar-refractivity contribution in [2.75, 3.05) is 6.54 Å². The highest BCUT2D eigenvalue weighted by Gasteiger charge is 2.27. The van der Waals surface area contributed by atoms with Crippen molar-refractivity contribution in [2.24, 2.45) is 0 Å². The fourth-order valence-electron chi connectivity index (χ4n) is 3.16. The van der Waals surface area contributed by atoms with Gasteiger partial charge in [-0.25, -0.2) is 4.98 Å². The number of carbonyl (C=O) groups is 1. The number of rotatable bonds is 3. The molecule has 1 amide bonds. The van der Waals surface area contributed by atoms with Crippen molar-refractivity contribution in [2.45, 2.75) is 25.9 Å². The summed E-state index contributed by atoms with van der Waals surface area (Å²) in [5, 5.41) is 7.04. The molecule has 1 atom stereocenters. The van der Waals surface area contributed by atoms with Crippen molar-refractivity contribution >= 4 is 5.91 Å². The van der Waals surface area contributed by atoms with Gasteiger partial charge >= 0.3 is 0 Å². The molecule has 4 rings (SSSR count). The molecular weight excluding hydrogens is 304 g/mol. The Labute approximate surface area is 139 Å². The Morgan fingerprint density at radius 3 is 3.08 bits per heavy atom. The molecule has 3 aromatic rings. The first kappa shape index (κ1) is 14.6. The van der Waals surface area contributed by atoms with Crippen LogP contribution in [0.2, 0.25) is 0 Å². The van der Waals surface area contributed by atoms with Gasteiger partial charge in [0, 0.05) is 42.9 Å². The Bertz CT molecular complexity index is 853. The first-order valence-corrected chi connectivity index (χ1v) is 7.98. The van der Waals surface area contributed by atoms with Crippen LogP contribution in [0.1, 0.15) is 24.5 Å². The van der Waals surface area contributed by atoms with Crippen LogP contribution in [0.5, 0.6) is 0 Å².